The summed E-state index contributed by atoms with van der Waals surface area (Å²) in [5.74, 6) is -8.86. The Kier molecular flexibility index (Phi) is 28.6. The number of benzene rings is 1. The Labute approximate surface area is 575 Å². The molecule has 97 heavy (non-hydrogen) atoms. The predicted octanol–water partition coefficient (Wildman–Crippen LogP) is 5.25. The molecule has 2 saturated carbocycles. The van der Waals surface area contributed by atoms with Crippen LogP contribution in [0, 0.1) is 17.8 Å². The van der Waals surface area contributed by atoms with Crippen LogP contribution in [0.3, 0.4) is 0 Å². The Hall–Kier alpha value is -7.06. The van der Waals surface area contributed by atoms with E-state index in [4.69, 9.17) is 11.6 Å². The summed E-state index contributed by atoms with van der Waals surface area (Å²) in [6.45, 7) is 8.18. The number of alkyl halides is 3. The van der Waals surface area contributed by atoms with Gasteiger partial charge in [0.15, 0.2) is 0 Å². The number of hydrogen-bond donors (Lipinski definition) is 3. The number of likely N-dealkylation sites (tertiary alicyclic amines) is 1. The van der Waals surface area contributed by atoms with Crippen LogP contribution in [0.15, 0.2) is 18.2 Å². The molecule has 12 amide bonds. The Morgan fingerprint density at radius 1 is 0.629 bits per heavy atom. The van der Waals surface area contributed by atoms with Crippen molar-refractivity contribution in [3.8, 4) is 0 Å². The van der Waals surface area contributed by atoms with Crippen LogP contribution in [-0.4, -0.2) is 251 Å². The zero-order valence-electron chi connectivity index (χ0n) is 59.0. The van der Waals surface area contributed by atoms with Crippen molar-refractivity contribution in [1.82, 2.24) is 60.0 Å². The zero-order valence-corrected chi connectivity index (χ0v) is 59.8. The van der Waals surface area contributed by atoms with Gasteiger partial charge in [-0.25, -0.2) is 0 Å². The van der Waals surface area contributed by atoms with E-state index in [1.54, 1.807) is 18.7 Å². The molecule has 3 N–H and O–H groups in total. The van der Waals surface area contributed by atoms with Gasteiger partial charge < -0.3 is 60.0 Å². The van der Waals surface area contributed by atoms with E-state index in [1.807, 2.05) is 20.8 Å². The molecule has 3 aliphatic heterocycles. The number of carbonyl (C=O) groups excluding carboxylic acids is 12. The molecule has 6 rings (SSSR count). The summed E-state index contributed by atoms with van der Waals surface area (Å²) in [5.41, 5.74) is -2.35. The second kappa shape index (κ2) is 35.1. The molecule has 5 aliphatic rings. The second-order valence-corrected chi connectivity index (χ2v) is 28.6. The quantitative estimate of drug-likeness (QED) is 0.256. The molecule has 542 valence electrons. The van der Waals surface area contributed by atoms with Crippen LogP contribution < -0.4 is 16.0 Å². The van der Waals surface area contributed by atoms with Gasteiger partial charge in [0.05, 0.1) is 36.6 Å². The third-order valence-electron chi connectivity index (χ3n) is 20.6. The largest absolute Gasteiger partial charge is 0.417 e. The molecule has 0 radical (unpaired) electrons. The van der Waals surface area contributed by atoms with Crippen molar-refractivity contribution in [2.75, 3.05) is 88.6 Å². The van der Waals surface area contributed by atoms with Crippen molar-refractivity contribution in [2.24, 2.45) is 17.8 Å². The smallest absolute Gasteiger partial charge is 0.343 e. The van der Waals surface area contributed by atoms with Gasteiger partial charge in [-0.1, -0.05) is 97.2 Å². The Morgan fingerprint density at radius 2 is 1.24 bits per heavy atom. The van der Waals surface area contributed by atoms with E-state index in [1.165, 1.54) is 75.0 Å². The van der Waals surface area contributed by atoms with Crippen molar-refractivity contribution < 1.29 is 70.7 Å². The maximum atomic E-state index is 15.8. The average Bonchev–Trinajstić information content (AvgIpc) is 1.76. The van der Waals surface area contributed by atoms with Crippen LogP contribution in [0.4, 0.5) is 13.2 Å². The monoisotopic (exact) mass is 1390 g/mol. The normalized spacial score (nSPS) is 26.3. The zero-order chi connectivity index (χ0) is 72.0. The van der Waals surface area contributed by atoms with E-state index in [0.29, 0.717) is 76.4 Å². The van der Waals surface area contributed by atoms with Crippen molar-refractivity contribution >= 4 is 82.5 Å². The highest BCUT2D eigenvalue weighted by molar-refractivity contribution is 6.31. The molecule has 3 saturated heterocycles. The molecule has 5 fully saturated rings. The van der Waals surface area contributed by atoms with Gasteiger partial charge in [-0.15, -0.1) is 0 Å². The fourth-order valence-corrected chi connectivity index (χ4v) is 14.8. The van der Waals surface area contributed by atoms with Crippen LogP contribution in [0.5, 0.6) is 0 Å². The first kappa shape index (κ1) is 78.9. The van der Waals surface area contributed by atoms with E-state index in [9.17, 15) is 41.9 Å². The number of halogens is 4. The number of nitrogens with zero attached hydrogens (tertiary/aromatic N) is 9. The SMILES string of the molecule is CCC[C@H]1C(=O)N(C)CC(=O)N[C@@H](CCc2ccc(C(F)(F)F)c(Cl)c2)C(=O)N2CCCC2C(=O)NC2(CCCC2)C(=O)N(C)[C@@H](C2CCCCC2)C(=O)N(C)[C@H](C(=O)N2CCCCC2)CC(=O)N(C)[C@@H](CC(C)C)C(=O)N[C@@H]([C@@H](C)CC)C(=O)N(C)CC(=O)N(C)CC(=O)N1C. The minimum atomic E-state index is -4.76. The number of likely N-dealkylation sites (N-methyl/N-ethyl adjacent to an activating group) is 7. The van der Waals surface area contributed by atoms with Gasteiger partial charge in [0.25, 0.3) is 0 Å². The lowest BCUT2D eigenvalue weighted by Crippen LogP contribution is -2.65. The molecule has 1 aromatic rings. The number of piperidine rings is 1. The van der Waals surface area contributed by atoms with E-state index >= 15 is 28.8 Å². The first-order valence-corrected chi connectivity index (χ1v) is 35.2. The van der Waals surface area contributed by atoms with Crippen molar-refractivity contribution in [2.45, 2.75) is 223 Å². The molecule has 2 aliphatic carbocycles. The molecule has 1 aromatic carbocycles. The molecule has 1 spiro atoms. The number of carbonyl (C=O) groups is 12. The average molecular weight is 1390 g/mol. The minimum absolute atomic E-state index is 0.0355. The fourth-order valence-electron chi connectivity index (χ4n) is 14.4. The van der Waals surface area contributed by atoms with Gasteiger partial charge in [-0.05, 0) is 119 Å². The third-order valence-corrected chi connectivity index (χ3v) is 20.9. The van der Waals surface area contributed by atoms with E-state index in [2.05, 4.69) is 16.0 Å². The fraction of sp³-hybridized carbons (Fsp3) is 0.739. The summed E-state index contributed by atoms with van der Waals surface area (Å²) in [5, 5.41) is 8.10. The maximum absolute atomic E-state index is 15.8. The van der Waals surface area contributed by atoms with Gasteiger partial charge in [0.2, 0.25) is 70.9 Å². The second-order valence-electron chi connectivity index (χ2n) is 28.2. The standard InChI is InChI=1S/C69H106ClF3N12O12/c1-13-24-51-63(93)78(7)40-54(86)74-49(31-29-45-28-30-47(48(70)38-45)69(71,72)73)62(92)85-36-23-27-50(85)61(91)76-68(32-19-20-33-68)67(97)83(12)59(46-25-17-15-18-26-46)66(96)82(11)53(64(94)84-34-21-16-22-35-84)39-55(87)81(10)52(37-43(3)4)60(90)75-58(44(5)14-2)65(95)79(8)41-56(88)77(6)42-57(89)80(51)9/h28,30,38,43-44,46,49-53,58-59H,13-27,29,31-37,39-42H2,1-12H3,(H,74,86)(H,75,90)(H,76,91)/t44-,49-,50?,51-,52-,53-,58-,59-/m0/s1. The van der Waals surface area contributed by atoms with Crippen LogP contribution in [0.2, 0.25) is 5.02 Å². The highest BCUT2D eigenvalue weighted by Crippen LogP contribution is 2.38. The summed E-state index contributed by atoms with van der Waals surface area (Å²) in [7, 11) is 9.86. The van der Waals surface area contributed by atoms with Gasteiger partial charge in [-0.2, -0.15) is 13.2 Å². The number of nitrogens with one attached hydrogen (secondary N) is 3. The van der Waals surface area contributed by atoms with Crippen molar-refractivity contribution in [3.63, 3.8) is 0 Å². The first-order valence-electron chi connectivity index (χ1n) is 34.8. The number of amides is 12. The number of aryl methyl sites for hydroxylation is 1. The number of rotatable bonds is 11. The molecular formula is C69H106ClF3N12O12. The van der Waals surface area contributed by atoms with E-state index in [0.717, 1.165) is 57.4 Å². The molecule has 3 heterocycles. The van der Waals surface area contributed by atoms with Crippen LogP contribution in [-0.2, 0) is 70.1 Å². The molecule has 1 unspecified atom stereocenters. The Bertz CT molecular complexity index is 3010. The topological polar surface area (TPSA) is 270 Å². The summed E-state index contributed by atoms with van der Waals surface area (Å²) in [4.78, 5) is 189. The first-order chi connectivity index (χ1) is 45.7. The summed E-state index contributed by atoms with van der Waals surface area (Å²) in [6.07, 6.45) is 3.04. The summed E-state index contributed by atoms with van der Waals surface area (Å²) in [6, 6.07) is -5.57. The molecular weight excluding hydrogens is 1280 g/mol. The highest BCUT2D eigenvalue weighted by atomic mass is 35.5. The number of hydrogen-bond acceptors (Lipinski definition) is 12. The molecule has 0 aromatic heterocycles. The van der Waals surface area contributed by atoms with E-state index in [-0.39, 0.29) is 57.4 Å². The lowest BCUT2D eigenvalue weighted by Gasteiger charge is -2.43. The van der Waals surface area contributed by atoms with Crippen LogP contribution >= 0.6 is 11.6 Å². The maximum Gasteiger partial charge on any atom is 0.417 e. The van der Waals surface area contributed by atoms with Gasteiger partial charge in [-0.3, -0.25) is 57.5 Å². The van der Waals surface area contributed by atoms with Gasteiger partial charge >= 0.3 is 6.18 Å². The lowest BCUT2D eigenvalue weighted by molar-refractivity contribution is -0.157. The lowest BCUT2D eigenvalue weighted by atomic mass is 9.81. The van der Waals surface area contributed by atoms with Gasteiger partial charge in [0, 0.05) is 69.0 Å². The van der Waals surface area contributed by atoms with E-state index < -0.39 is 173 Å². The minimum Gasteiger partial charge on any atom is -0.343 e. The molecule has 24 nitrogen and oxygen atoms in total. The van der Waals surface area contributed by atoms with Gasteiger partial charge in [0.1, 0.15) is 47.8 Å². The van der Waals surface area contributed by atoms with Crippen molar-refractivity contribution in [3.05, 3.63) is 34.3 Å². The Balaban J connectivity index is 1.43. The Morgan fingerprint density at radius 3 is 1.84 bits per heavy atom. The summed E-state index contributed by atoms with van der Waals surface area (Å²) < 4.78 is 41.4. The summed E-state index contributed by atoms with van der Waals surface area (Å²) >= 11 is 6.13. The third kappa shape index (κ3) is 19.9. The predicted molar refractivity (Wildman–Crippen MR) is 357 cm³/mol. The number of fused-ring (bicyclic) bond motifs is 1. The molecule has 0 bridgehead atoms. The molecule has 8 atom stereocenters. The van der Waals surface area contributed by atoms with Crippen LogP contribution in [0.1, 0.15) is 174 Å². The van der Waals surface area contributed by atoms with Crippen LogP contribution in [0.25, 0.3) is 0 Å². The van der Waals surface area contributed by atoms with Crippen molar-refractivity contribution in [1.29, 1.82) is 0 Å². The molecule has 28 heteroatoms. The highest BCUT2D eigenvalue weighted by Gasteiger charge is 2.51.